The lowest BCUT2D eigenvalue weighted by molar-refractivity contribution is -0.127. The fourth-order valence-electron chi connectivity index (χ4n) is 4.52. The molecular formula is C16H29N3O. The van der Waals surface area contributed by atoms with Gasteiger partial charge in [-0.3, -0.25) is 4.79 Å². The van der Waals surface area contributed by atoms with Gasteiger partial charge in [-0.2, -0.15) is 0 Å². The van der Waals surface area contributed by atoms with Crippen molar-refractivity contribution in [3.63, 3.8) is 0 Å². The molecule has 0 aromatic heterocycles. The number of fused-ring (bicyclic) bond motifs is 2. The number of carbonyl (C=O) groups excluding carboxylic acids is 1. The van der Waals surface area contributed by atoms with Crippen molar-refractivity contribution in [2.45, 2.75) is 82.0 Å². The van der Waals surface area contributed by atoms with Crippen LogP contribution in [-0.4, -0.2) is 42.0 Å². The highest BCUT2D eigenvalue weighted by Crippen LogP contribution is 2.33. The molecule has 3 rings (SSSR count). The van der Waals surface area contributed by atoms with Crippen LogP contribution in [0, 0.1) is 5.92 Å². The first-order valence-corrected chi connectivity index (χ1v) is 8.41. The summed E-state index contributed by atoms with van der Waals surface area (Å²) in [4.78, 5) is 15.0. The lowest BCUT2D eigenvalue weighted by Gasteiger charge is -2.47. The zero-order valence-corrected chi connectivity index (χ0v) is 12.7. The molecule has 2 heterocycles. The van der Waals surface area contributed by atoms with Crippen LogP contribution in [0.25, 0.3) is 0 Å². The summed E-state index contributed by atoms with van der Waals surface area (Å²) in [6.07, 6.45) is 10.3. The molecular weight excluding hydrogens is 250 g/mol. The molecule has 0 spiro atoms. The second-order valence-corrected chi connectivity index (χ2v) is 7.20. The summed E-state index contributed by atoms with van der Waals surface area (Å²) in [5.41, 5.74) is 6.00. The Hall–Kier alpha value is -0.610. The molecule has 0 aromatic carbocycles. The van der Waals surface area contributed by atoms with Crippen molar-refractivity contribution in [1.29, 1.82) is 0 Å². The normalized spacial score (nSPS) is 42.2. The van der Waals surface area contributed by atoms with Crippen LogP contribution in [0.3, 0.4) is 0 Å². The molecule has 3 fully saturated rings. The van der Waals surface area contributed by atoms with E-state index < -0.39 is 0 Å². The van der Waals surface area contributed by atoms with Crippen LogP contribution in [0.15, 0.2) is 0 Å². The molecule has 4 unspecified atom stereocenters. The molecule has 4 heteroatoms. The zero-order valence-electron chi connectivity index (χ0n) is 12.7. The predicted molar refractivity (Wildman–Crippen MR) is 80.3 cm³/mol. The molecule has 2 bridgehead atoms. The smallest absolute Gasteiger partial charge is 0.223 e. The Bertz CT molecular complexity index is 346. The molecule has 3 N–H and O–H groups in total. The van der Waals surface area contributed by atoms with Gasteiger partial charge in [-0.1, -0.05) is 12.8 Å². The van der Waals surface area contributed by atoms with Crippen LogP contribution < -0.4 is 11.1 Å². The molecule has 1 aliphatic carbocycles. The number of nitrogens with two attached hydrogens (primary N) is 1. The standard InChI is InChI=1S/C16H29N3O/c1-19-14-6-3-7-15(19)10-13(9-14)18-16(20)11-4-2-5-12(17)8-11/h11-15H,2-10,17H2,1H3,(H,18,20). The maximum absolute atomic E-state index is 12.4. The molecule has 1 amide bonds. The van der Waals surface area contributed by atoms with Gasteiger partial charge >= 0.3 is 0 Å². The van der Waals surface area contributed by atoms with Crippen molar-refractivity contribution in [3.05, 3.63) is 0 Å². The quantitative estimate of drug-likeness (QED) is 0.808. The van der Waals surface area contributed by atoms with E-state index in [2.05, 4.69) is 17.3 Å². The Morgan fingerprint density at radius 1 is 1.05 bits per heavy atom. The van der Waals surface area contributed by atoms with Crippen molar-refractivity contribution in [2.75, 3.05) is 7.05 Å². The molecule has 0 radical (unpaired) electrons. The van der Waals surface area contributed by atoms with E-state index in [4.69, 9.17) is 5.73 Å². The molecule has 114 valence electrons. The van der Waals surface area contributed by atoms with Gasteiger partial charge in [0, 0.05) is 30.1 Å². The number of nitrogens with one attached hydrogen (secondary N) is 1. The van der Waals surface area contributed by atoms with Crippen LogP contribution in [0.4, 0.5) is 0 Å². The Balaban J connectivity index is 1.54. The Morgan fingerprint density at radius 3 is 2.35 bits per heavy atom. The number of carbonyl (C=O) groups is 1. The molecule has 4 atom stereocenters. The van der Waals surface area contributed by atoms with Gasteiger partial charge in [0.1, 0.15) is 0 Å². The molecule has 2 aliphatic heterocycles. The minimum atomic E-state index is 0.165. The lowest BCUT2D eigenvalue weighted by Crippen LogP contribution is -2.56. The van der Waals surface area contributed by atoms with Crippen LogP contribution in [0.5, 0.6) is 0 Å². The van der Waals surface area contributed by atoms with Gasteiger partial charge in [0.05, 0.1) is 0 Å². The van der Waals surface area contributed by atoms with Crippen LogP contribution in [0.2, 0.25) is 0 Å². The number of amides is 1. The summed E-state index contributed by atoms with van der Waals surface area (Å²) >= 11 is 0. The van der Waals surface area contributed by atoms with Crippen LogP contribution >= 0.6 is 0 Å². The van der Waals surface area contributed by atoms with Gasteiger partial charge in [0.2, 0.25) is 5.91 Å². The van der Waals surface area contributed by atoms with E-state index in [-0.39, 0.29) is 17.9 Å². The molecule has 20 heavy (non-hydrogen) atoms. The van der Waals surface area contributed by atoms with Crippen molar-refractivity contribution in [3.8, 4) is 0 Å². The second-order valence-electron chi connectivity index (χ2n) is 7.20. The van der Waals surface area contributed by atoms with E-state index in [1.165, 1.54) is 19.3 Å². The number of hydrogen-bond donors (Lipinski definition) is 2. The number of nitrogens with zero attached hydrogens (tertiary/aromatic N) is 1. The highest BCUT2D eigenvalue weighted by atomic mass is 16.1. The third kappa shape index (κ3) is 3.01. The Kier molecular flexibility index (Phi) is 4.32. The van der Waals surface area contributed by atoms with Gasteiger partial charge in [-0.25, -0.2) is 0 Å². The van der Waals surface area contributed by atoms with Crippen LogP contribution in [0.1, 0.15) is 57.8 Å². The maximum atomic E-state index is 12.4. The summed E-state index contributed by atoms with van der Waals surface area (Å²) < 4.78 is 0. The third-order valence-corrected chi connectivity index (χ3v) is 5.77. The highest BCUT2D eigenvalue weighted by Gasteiger charge is 2.37. The Morgan fingerprint density at radius 2 is 1.70 bits per heavy atom. The van der Waals surface area contributed by atoms with Gasteiger partial charge in [-0.15, -0.1) is 0 Å². The molecule has 4 nitrogen and oxygen atoms in total. The second kappa shape index (κ2) is 6.02. The monoisotopic (exact) mass is 279 g/mol. The topological polar surface area (TPSA) is 58.4 Å². The average Bonchev–Trinajstić information content (AvgIpc) is 2.40. The zero-order chi connectivity index (χ0) is 14.1. The van der Waals surface area contributed by atoms with E-state index in [9.17, 15) is 4.79 Å². The minimum Gasteiger partial charge on any atom is -0.353 e. The largest absolute Gasteiger partial charge is 0.353 e. The summed E-state index contributed by atoms with van der Waals surface area (Å²) in [5, 5.41) is 3.34. The molecule has 0 aromatic rings. The van der Waals surface area contributed by atoms with E-state index in [1.807, 2.05) is 0 Å². The minimum absolute atomic E-state index is 0.165. The van der Waals surface area contributed by atoms with E-state index in [0.717, 1.165) is 38.5 Å². The van der Waals surface area contributed by atoms with E-state index >= 15 is 0 Å². The first-order chi connectivity index (χ1) is 9.63. The fraction of sp³-hybridized carbons (Fsp3) is 0.938. The summed E-state index contributed by atoms with van der Waals surface area (Å²) in [6.45, 7) is 0. The van der Waals surface area contributed by atoms with Crippen molar-refractivity contribution >= 4 is 5.91 Å². The van der Waals surface area contributed by atoms with Crippen molar-refractivity contribution in [2.24, 2.45) is 11.7 Å². The summed E-state index contributed by atoms with van der Waals surface area (Å²) in [5.74, 6) is 0.436. The van der Waals surface area contributed by atoms with Crippen molar-refractivity contribution < 1.29 is 4.79 Å². The summed E-state index contributed by atoms with van der Waals surface area (Å²) in [6, 6.07) is 1.99. The number of hydrogen-bond acceptors (Lipinski definition) is 3. The third-order valence-electron chi connectivity index (χ3n) is 5.77. The average molecular weight is 279 g/mol. The molecule has 3 aliphatic rings. The predicted octanol–water partition coefficient (Wildman–Crippen LogP) is 1.64. The van der Waals surface area contributed by atoms with E-state index in [0.29, 0.717) is 18.1 Å². The first-order valence-electron chi connectivity index (χ1n) is 8.41. The Labute approximate surface area is 122 Å². The lowest BCUT2D eigenvalue weighted by atomic mass is 9.81. The van der Waals surface area contributed by atoms with Gasteiger partial charge in [0.25, 0.3) is 0 Å². The number of piperidine rings is 2. The van der Waals surface area contributed by atoms with Crippen molar-refractivity contribution in [1.82, 2.24) is 10.2 Å². The van der Waals surface area contributed by atoms with Crippen LogP contribution in [-0.2, 0) is 4.79 Å². The van der Waals surface area contributed by atoms with E-state index in [1.54, 1.807) is 0 Å². The first kappa shape index (κ1) is 14.3. The van der Waals surface area contributed by atoms with Gasteiger partial charge in [-0.05, 0) is 52.0 Å². The highest BCUT2D eigenvalue weighted by molar-refractivity contribution is 5.79. The summed E-state index contributed by atoms with van der Waals surface area (Å²) in [7, 11) is 2.26. The number of rotatable bonds is 2. The SMILES string of the molecule is CN1C2CCCC1CC(NC(=O)C1CCCC(N)C1)C2. The fourth-order valence-corrected chi connectivity index (χ4v) is 4.52. The van der Waals surface area contributed by atoms with Gasteiger partial charge < -0.3 is 16.0 Å². The maximum Gasteiger partial charge on any atom is 0.223 e. The molecule has 1 saturated carbocycles. The molecule has 2 saturated heterocycles. The van der Waals surface area contributed by atoms with Gasteiger partial charge in [0.15, 0.2) is 0 Å².